The van der Waals surface area contributed by atoms with Gasteiger partial charge in [-0.2, -0.15) is 5.10 Å². The van der Waals surface area contributed by atoms with Crippen molar-refractivity contribution >= 4 is 23.0 Å². The van der Waals surface area contributed by atoms with Gasteiger partial charge in [0.25, 0.3) is 5.91 Å². The van der Waals surface area contributed by atoms with Gasteiger partial charge in [-0.1, -0.05) is 48.0 Å². The fourth-order valence-electron chi connectivity index (χ4n) is 2.30. The molecule has 1 heterocycles. The lowest BCUT2D eigenvalue weighted by atomic mass is 10.2. The molecule has 0 aliphatic rings. The number of hydrogen-bond acceptors (Lipinski definition) is 2. The first-order chi connectivity index (χ1) is 10.7. The van der Waals surface area contributed by atoms with Crippen LogP contribution in [0.4, 0.5) is 0 Å². The van der Waals surface area contributed by atoms with Crippen molar-refractivity contribution in [3.63, 3.8) is 0 Å². The van der Waals surface area contributed by atoms with Crippen LogP contribution in [-0.2, 0) is 11.3 Å². The molecule has 1 amide bonds. The molecule has 0 aliphatic heterocycles. The van der Waals surface area contributed by atoms with E-state index in [1.165, 1.54) is 5.56 Å². The van der Waals surface area contributed by atoms with Crippen molar-refractivity contribution in [2.45, 2.75) is 13.5 Å². The van der Waals surface area contributed by atoms with Crippen LogP contribution in [0.2, 0.25) is 0 Å². The molecule has 22 heavy (non-hydrogen) atoms. The van der Waals surface area contributed by atoms with Crippen LogP contribution in [0.25, 0.3) is 10.9 Å². The minimum atomic E-state index is -0.148. The SMILES string of the molecule is Cc1ccc(C=NNC(=O)Cn2ccc3ccccc32)cc1. The van der Waals surface area contributed by atoms with Gasteiger partial charge >= 0.3 is 0 Å². The lowest BCUT2D eigenvalue weighted by molar-refractivity contribution is -0.121. The summed E-state index contributed by atoms with van der Waals surface area (Å²) >= 11 is 0. The second kappa shape index (κ2) is 6.26. The molecule has 0 aliphatic carbocycles. The minimum Gasteiger partial charge on any atom is -0.338 e. The van der Waals surface area contributed by atoms with Gasteiger partial charge in [-0.25, -0.2) is 5.43 Å². The van der Waals surface area contributed by atoms with Crippen LogP contribution in [0, 0.1) is 6.92 Å². The summed E-state index contributed by atoms with van der Waals surface area (Å²) in [6.45, 7) is 2.28. The van der Waals surface area contributed by atoms with Crippen LogP contribution in [0.5, 0.6) is 0 Å². The summed E-state index contributed by atoms with van der Waals surface area (Å²) in [5, 5.41) is 5.12. The van der Waals surface area contributed by atoms with Crippen molar-refractivity contribution in [1.29, 1.82) is 0 Å². The summed E-state index contributed by atoms with van der Waals surface area (Å²) in [6.07, 6.45) is 3.55. The molecule has 4 heteroatoms. The Balaban J connectivity index is 1.62. The Hall–Kier alpha value is -2.88. The summed E-state index contributed by atoms with van der Waals surface area (Å²) in [5.74, 6) is -0.148. The highest BCUT2D eigenvalue weighted by molar-refractivity contribution is 5.84. The number of fused-ring (bicyclic) bond motifs is 1. The van der Waals surface area contributed by atoms with E-state index in [-0.39, 0.29) is 12.5 Å². The van der Waals surface area contributed by atoms with Gasteiger partial charge in [0.1, 0.15) is 6.54 Å². The Labute approximate surface area is 129 Å². The van der Waals surface area contributed by atoms with Crippen molar-refractivity contribution in [2.24, 2.45) is 5.10 Å². The molecule has 0 bridgehead atoms. The molecule has 0 saturated carbocycles. The van der Waals surface area contributed by atoms with Crippen LogP contribution in [0.1, 0.15) is 11.1 Å². The van der Waals surface area contributed by atoms with Gasteiger partial charge in [0, 0.05) is 11.7 Å². The number of rotatable bonds is 4. The monoisotopic (exact) mass is 291 g/mol. The molecule has 0 saturated heterocycles. The summed E-state index contributed by atoms with van der Waals surface area (Å²) in [5.41, 5.74) is 5.75. The highest BCUT2D eigenvalue weighted by Gasteiger charge is 2.04. The maximum absolute atomic E-state index is 12.0. The Bertz CT molecular complexity index is 816. The quantitative estimate of drug-likeness (QED) is 0.582. The zero-order chi connectivity index (χ0) is 15.4. The number of nitrogens with zero attached hydrogens (tertiary/aromatic N) is 2. The summed E-state index contributed by atoms with van der Waals surface area (Å²) in [7, 11) is 0. The van der Waals surface area contributed by atoms with E-state index in [1.54, 1.807) is 6.21 Å². The van der Waals surface area contributed by atoms with Crippen LogP contribution in [-0.4, -0.2) is 16.7 Å². The molecule has 0 spiro atoms. The van der Waals surface area contributed by atoms with Gasteiger partial charge in [-0.05, 0) is 30.0 Å². The Morgan fingerprint density at radius 1 is 1.14 bits per heavy atom. The number of carbonyl (C=O) groups is 1. The molecule has 0 fully saturated rings. The number of benzene rings is 2. The van der Waals surface area contributed by atoms with Crippen LogP contribution < -0.4 is 5.43 Å². The molecule has 0 radical (unpaired) electrons. The molecule has 1 N–H and O–H groups in total. The normalized spacial score (nSPS) is 11.1. The first-order valence-corrected chi connectivity index (χ1v) is 7.15. The second-order valence-corrected chi connectivity index (χ2v) is 5.21. The Kier molecular flexibility index (Phi) is 4.01. The number of para-hydroxylation sites is 1. The molecule has 4 nitrogen and oxygen atoms in total. The number of amides is 1. The molecule has 0 atom stereocenters. The van der Waals surface area contributed by atoms with E-state index in [0.29, 0.717) is 0 Å². The summed E-state index contributed by atoms with van der Waals surface area (Å²) < 4.78 is 1.91. The molecule has 3 rings (SSSR count). The van der Waals surface area contributed by atoms with Gasteiger partial charge in [-0.15, -0.1) is 0 Å². The zero-order valence-corrected chi connectivity index (χ0v) is 12.4. The first-order valence-electron chi connectivity index (χ1n) is 7.15. The molecule has 0 unspecified atom stereocenters. The maximum atomic E-state index is 12.0. The average Bonchev–Trinajstić information content (AvgIpc) is 2.93. The Morgan fingerprint density at radius 3 is 2.73 bits per heavy atom. The first kappa shape index (κ1) is 14.1. The van der Waals surface area contributed by atoms with E-state index in [9.17, 15) is 4.79 Å². The number of hydrogen-bond donors (Lipinski definition) is 1. The fourth-order valence-corrected chi connectivity index (χ4v) is 2.30. The van der Waals surface area contributed by atoms with E-state index in [2.05, 4.69) is 10.5 Å². The largest absolute Gasteiger partial charge is 0.338 e. The third kappa shape index (κ3) is 3.23. The Morgan fingerprint density at radius 2 is 1.91 bits per heavy atom. The van der Waals surface area contributed by atoms with E-state index in [4.69, 9.17) is 0 Å². The lowest BCUT2D eigenvalue weighted by Crippen LogP contribution is -2.22. The van der Waals surface area contributed by atoms with Gasteiger partial charge in [0.15, 0.2) is 0 Å². The van der Waals surface area contributed by atoms with Crippen LogP contribution >= 0.6 is 0 Å². The summed E-state index contributed by atoms with van der Waals surface area (Å²) in [4.78, 5) is 12.0. The predicted octanol–water partition coefficient (Wildman–Crippen LogP) is 3.10. The van der Waals surface area contributed by atoms with Gasteiger partial charge in [0.2, 0.25) is 0 Å². The maximum Gasteiger partial charge on any atom is 0.259 e. The third-order valence-corrected chi connectivity index (χ3v) is 3.47. The van der Waals surface area contributed by atoms with Crippen molar-refractivity contribution < 1.29 is 4.79 Å². The molecule has 110 valence electrons. The fraction of sp³-hybridized carbons (Fsp3) is 0.111. The van der Waals surface area contributed by atoms with Crippen molar-refractivity contribution in [1.82, 2.24) is 9.99 Å². The van der Waals surface area contributed by atoms with E-state index < -0.39 is 0 Å². The smallest absolute Gasteiger partial charge is 0.259 e. The van der Waals surface area contributed by atoms with Crippen LogP contribution in [0.15, 0.2) is 65.9 Å². The van der Waals surface area contributed by atoms with Crippen molar-refractivity contribution in [3.05, 3.63) is 71.9 Å². The van der Waals surface area contributed by atoms with Gasteiger partial charge in [0.05, 0.1) is 6.21 Å². The number of hydrazone groups is 1. The highest BCUT2D eigenvalue weighted by atomic mass is 16.2. The molecule has 2 aromatic carbocycles. The van der Waals surface area contributed by atoms with E-state index in [0.717, 1.165) is 16.5 Å². The molecule has 1 aromatic heterocycles. The van der Waals surface area contributed by atoms with Crippen molar-refractivity contribution in [3.8, 4) is 0 Å². The number of aromatic nitrogens is 1. The molecular formula is C18H17N3O. The number of carbonyl (C=O) groups excluding carboxylic acids is 1. The third-order valence-electron chi connectivity index (χ3n) is 3.47. The average molecular weight is 291 g/mol. The van der Waals surface area contributed by atoms with Gasteiger partial charge in [-0.3, -0.25) is 4.79 Å². The predicted molar refractivity (Wildman–Crippen MR) is 88.9 cm³/mol. The topological polar surface area (TPSA) is 46.4 Å². The highest BCUT2D eigenvalue weighted by Crippen LogP contribution is 2.14. The zero-order valence-electron chi connectivity index (χ0n) is 12.4. The molecule has 3 aromatic rings. The van der Waals surface area contributed by atoms with Gasteiger partial charge < -0.3 is 4.57 Å². The van der Waals surface area contributed by atoms with E-state index >= 15 is 0 Å². The lowest BCUT2D eigenvalue weighted by Gasteiger charge is -2.04. The van der Waals surface area contributed by atoms with Crippen LogP contribution in [0.3, 0.4) is 0 Å². The van der Waals surface area contributed by atoms with Crippen molar-refractivity contribution in [2.75, 3.05) is 0 Å². The standard InChI is InChI=1S/C18H17N3O/c1-14-6-8-15(9-7-14)12-19-20-18(22)13-21-11-10-16-4-2-3-5-17(16)21/h2-12H,13H2,1H3,(H,20,22). The second-order valence-electron chi connectivity index (χ2n) is 5.21. The molecular weight excluding hydrogens is 274 g/mol. The number of aryl methyl sites for hydroxylation is 1. The number of nitrogens with one attached hydrogen (secondary N) is 1. The summed E-state index contributed by atoms with van der Waals surface area (Å²) in [6, 6.07) is 17.9. The minimum absolute atomic E-state index is 0.148. The van der Waals surface area contributed by atoms with E-state index in [1.807, 2.05) is 72.3 Å².